The van der Waals surface area contributed by atoms with E-state index in [2.05, 4.69) is 30.6 Å². The number of anilines is 2. The van der Waals surface area contributed by atoms with E-state index in [1.54, 1.807) is 24.0 Å². The van der Waals surface area contributed by atoms with Gasteiger partial charge in [0, 0.05) is 37.7 Å². The molecule has 5 heterocycles. The van der Waals surface area contributed by atoms with Gasteiger partial charge in [-0.05, 0) is 24.5 Å². The van der Waals surface area contributed by atoms with Crippen LogP contribution in [0.15, 0.2) is 24.7 Å². The summed E-state index contributed by atoms with van der Waals surface area (Å²) in [6, 6.07) is 3.60. The van der Waals surface area contributed by atoms with Crippen LogP contribution in [-0.4, -0.2) is 53.5 Å². The Morgan fingerprint density at radius 3 is 2.79 bits per heavy atom. The number of nitrogens with one attached hydrogen (secondary N) is 3. The van der Waals surface area contributed by atoms with E-state index >= 15 is 0 Å². The number of pyridine rings is 1. The zero-order valence-corrected chi connectivity index (χ0v) is 16.0. The lowest BCUT2D eigenvalue weighted by atomic mass is 9.81. The minimum Gasteiger partial charge on any atom is -0.385 e. The van der Waals surface area contributed by atoms with E-state index in [9.17, 15) is 5.11 Å². The van der Waals surface area contributed by atoms with Crippen molar-refractivity contribution in [1.29, 1.82) is 5.41 Å². The highest BCUT2D eigenvalue weighted by atomic mass is 16.5. The molecule has 2 fully saturated rings. The number of H-pyrrole nitrogens is 1. The van der Waals surface area contributed by atoms with E-state index in [-0.39, 0.29) is 12.2 Å². The molecule has 2 aliphatic rings. The summed E-state index contributed by atoms with van der Waals surface area (Å²) in [5.41, 5.74) is 0.661. The standard InChI is InChI=1S/C19H22N8O2/c1-27-18(21-10-23-27)15-6-14(19(28)7-11-2-3-12(8-19)29-11)13(9-20)17(24-15)25-16-4-5-22-26-16/h4-6,9-12,20,28H,2-3,7-8H2,1H3,(H2,22,24,25,26)/t11-,12+,19?. The summed E-state index contributed by atoms with van der Waals surface area (Å²) < 4.78 is 7.57. The van der Waals surface area contributed by atoms with Crippen LogP contribution in [0.25, 0.3) is 11.5 Å². The molecule has 0 radical (unpaired) electrons. The molecule has 2 bridgehead atoms. The fourth-order valence-corrected chi connectivity index (χ4v) is 4.41. The largest absolute Gasteiger partial charge is 0.385 e. The van der Waals surface area contributed by atoms with Gasteiger partial charge in [-0.25, -0.2) is 14.6 Å². The molecule has 1 unspecified atom stereocenters. The molecule has 3 aromatic rings. The number of hydrogen-bond donors (Lipinski definition) is 4. The number of fused-ring (bicyclic) bond motifs is 2. The Morgan fingerprint density at radius 2 is 2.17 bits per heavy atom. The van der Waals surface area contributed by atoms with Crippen LogP contribution < -0.4 is 5.32 Å². The van der Waals surface area contributed by atoms with Gasteiger partial charge < -0.3 is 20.6 Å². The van der Waals surface area contributed by atoms with Gasteiger partial charge in [0.15, 0.2) is 5.82 Å². The van der Waals surface area contributed by atoms with Gasteiger partial charge in [0.05, 0.1) is 24.0 Å². The maximum Gasteiger partial charge on any atom is 0.176 e. The number of hydrogen-bond acceptors (Lipinski definition) is 8. The van der Waals surface area contributed by atoms with E-state index in [0.717, 1.165) is 12.8 Å². The van der Waals surface area contributed by atoms with Crippen LogP contribution in [0, 0.1) is 5.41 Å². The molecular weight excluding hydrogens is 372 g/mol. The lowest BCUT2D eigenvalue weighted by Crippen LogP contribution is -2.39. The number of nitrogens with zero attached hydrogens (tertiary/aromatic N) is 5. The summed E-state index contributed by atoms with van der Waals surface area (Å²) in [5, 5.41) is 33.8. The van der Waals surface area contributed by atoms with Gasteiger partial charge in [0.2, 0.25) is 0 Å². The number of aliphatic hydroxyl groups is 1. The fraction of sp³-hybridized carbons (Fsp3) is 0.421. The Labute approximate surface area is 166 Å². The van der Waals surface area contributed by atoms with Gasteiger partial charge in [0.1, 0.15) is 23.7 Å². The number of rotatable bonds is 5. The van der Waals surface area contributed by atoms with Crippen LogP contribution in [0.1, 0.15) is 36.8 Å². The van der Waals surface area contributed by atoms with Gasteiger partial charge in [0.25, 0.3) is 0 Å². The van der Waals surface area contributed by atoms with Crippen LogP contribution >= 0.6 is 0 Å². The van der Waals surface area contributed by atoms with Crippen molar-refractivity contribution in [3.8, 4) is 11.5 Å². The molecule has 2 saturated heterocycles. The van der Waals surface area contributed by atoms with Crippen molar-refractivity contribution in [1.82, 2.24) is 29.9 Å². The van der Waals surface area contributed by atoms with Gasteiger partial charge >= 0.3 is 0 Å². The molecule has 150 valence electrons. The Hall–Kier alpha value is -3.11. The number of aromatic amines is 1. The summed E-state index contributed by atoms with van der Waals surface area (Å²) >= 11 is 0. The Balaban J connectivity index is 1.68. The number of aromatic nitrogens is 6. The first-order valence-electron chi connectivity index (χ1n) is 9.60. The second-order valence-corrected chi connectivity index (χ2v) is 7.66. The molecule has 5 rings (SSSR count). The molecule has 10 heteroatoms. The molecule has 29 heavy (non-hydrogen) atoms. The lowest BCUT2D eigenvalue weighted by molar-refractivity contribution is -0.115. The van der Waals surface area contributed by atoms with E-state index in [0.29, 0.717) is 47.1 Å². The quantitative estimate of drug-likeness (QED) is 0.485. The third kappa shape index (κ3) is 3.10. The number of ether oxygens (including phenoxy) is 1. The van der Waals surface area contributed by atoms with Crippen molar-refractivity contribution < 1.29 is 9.84 Å². The Bertz CT molecular complexity index is 1030. The normalized spacial score (nSPS) is 25.9. The molecule has 0 aliphatic carbocycles. The van der Waals surface area contributed by atoms with Crippen molar-refractivity contribution in [2.24, 2.45) is 7.05 Å². The van der Waals surface area contributed by atoms with E-state index in [4.69, 9.17) is 10.1 Å². The monoisotopic (exact) mass is 394 g/mol. The third-order valence-corrected chi connectivity index (χ3v) is 5.72. The minimum absolute atomic E-state index is 0.0350. The molecular formula is C19H22N8O2. The molecule has 3 aromatic heterocycles. The van der Waals surface area contributed by atoms with Crippen LogP contribution in [0.2, 0.25) is 0 Å². The van der Waals surface area contributed by atoms with Gasteiger partial charge in [-0.2, -0.15) is 10.2 Å². The Kier molecular flexibility index (Phi) is 4.18. The summed E-state index contributed by atoms with van der Waals surface area (Å²) in [7, 11) is 1.79. The van der Waals surface area contributed by atoms with E-state index in [1.165, 1.54) is 12.5 Å². The highest BCUT2D eigenvalue weighted by Gasteiger charge is 2.46. The summed E-state index contributed by atoms with van der Waals surface area (Å²) in [6.07, 6.45) is 7.29. The zero-order chi connectivity index (χ0) is 20.0. The molecule has 4 N–H and O–H groups in total. The van der Waals surface area contributed by atoms with Crippen molar-refractivity contribution >= 4 is 17.9 Å². The van der Waals surface area contributed by atoms with E-state index in [1.807, 2.05) is 6.07 Å². The third-order valence-electron chi connectivity index (χ3n) is 5.72. The molecule has 10 nitrogen and oxygen atoms in total. The fourth-order valence-electron chi connectivity index (χ4n) is 4.41. The molecule has 0 saturated carbocycles. The first-order chi connectivity index (χ1) is 14.1. The van der Waals surface area contributed by atoms with Crippen LogP contribution in [0.5, 0.6) is 0 Å². The SMILES string of the molecule is Cn1ncnc1-c1cc(C2(O)C[C@H]3CC[C@@H](C2)O3)c(C=N)c(Nc2ccn[nH]2)n1. The maximum atomic E-state index is 11.7. The lowest BCUT2D eigenvalue weighted by Gasteiger charge is -2.38. The van der Waals surface area contributed by atoms with Crippen molar-refractivity contribution in [2.75, 3.05) is 5.32 Å². The molecule has 2 aliphatic heterocycles. The first-order valence-corrected chi connectivity index (χ1v) is 9.60. The summed E-state index contributed by atoms with van der Waals surface area (Å²) in [4.78, 5) is 9.00. The molecule has 3 atom stereocenters. The summed E-state index contributed by atoms with van der Waals surface area (Å²) in [5.74, 6) is 1.67. The van der Waals surface area contributed by atoms with Crippen molar-refractivity contribution in [3.05, 3.63) is 35.8 Å². The van der Waals surface area contributed by atoms with Crippen LogP contribution in [-0.2, 0) is 17.4 Å². The van der Waals surface area contributed by atoms with Crippen molar-refractivity contribution in [2.45, 2.75) is 43.5 Å². The average molecular weight is 394 g/mol. The van der Waals surface area contributed by atoms with Crippen molar-refractivity contribution in [3.63, 3.8) is 0 Å². The highest BCUT2D eigenvalue weighted by Crippen LogP contribution is 2.46. The zero-order valence-electron chi connectivity index (χ0n) is 16.0. The molecule has 0 amide bonds. The first kappa shape index (κ1) is 18.0. The predicted molar refractivity (Wildman–Crippen MR) is 105 cm³/mol. The smallest absolute Gasteiger partial charge is 0.176 e. The van der Waals surface area contributed by atoms with E-state index < -0.39 is 5.60 Å². The van der Waals surface area contributed by atoms with Gasteiger partial charge in [-0.1, -0.05) is 0 Å². The van der Waals surface area contributed by atoms with Crippen LogP contribution in [0.3, 0.4) is 0 Å². The highest BCUT2D eigenvalue weighted by molar-refractivity contribution is 5.89. The van der Waals surface area contributed by atoms with Crippen LogP contribution in [0.4, 0.5) is 11.6 Å². The predicted octanol–water partition coefficient (Wildman–Crippen LogP) is 1.87. The topological polar surface area (TPSA) is 138 Å². The number of aryl methyl sites for hydroxylation is 1. The molecule has 0 aromatic carbocycles. The maximum absolute atomic E-state index is 11.7. The minimum atomic E-state index is -1.10. The Morgan fingerprint density at radius 1 is 1.38 bits per heavy atom. The average Bonchev–Trinajstić information content (AvgIpc) is 3.43. The molecule has 0 spiro atoms. The second kappa shape index (κ2) is 6.75. The second-order valence-electron chi connectivity index (χ2n) is 7.66. The summed E-state index contributed by atoms with van der Waals surface area (Å²) in [6.45, 7) is 0. The van der Waals surface area contributed by atoms with Gasteiger partial charge in [-0.15, -0.1) is 0 Å². The van der Waals surface area contributed by atoms with Gasteiger partial charge in [-0.3, -0.25) is 5.10 Å².